The van der Waals surface area contributed by atoms with Crippen LogP contribution >= 0.6 is 0 Å². The van der Waals surface area contributed by atoms with Gasteiger partial charge in [0, 0.05) is 0 Å². The lowest BCUT2D eigenvalue weighted by Gasteiger charge is -1.67. The Balaban J connectivity index is 0.000000122. The standard InChI is InChI=1S/C4H8.C2H4O2/c1-4-2-3-4;1-4-2-3/h4H,2-3H2,1H3;2H,1H3. The molecule has 0 heterocycles. The summed E-state index contributed by atoms with van der Waals surface area (Å²) in [6.45, 7) is 2.65. The van der Waals surface area contributed by atoms with Gasteiger partial charge in [-0.25, -0.2) is 0 Å². The average Bonchev–Trinajstić information content (AvgIpc) is 2.52. The molecular weight excluding hydrogens is 104 g/mol. The van der Waals surface area contributed by atoms with Gasteiger partial charge in [0.05, 0.1) is 7.11 Å². The van der Waals surface area contributed by atoms with Crippen LogP contribution in [0, 0.1) is 5.92 Å². The van der Waals surface area contributed by atoms with Crippen molar-refractivity contribution >= 4 is 6.47 Å². The lowest BCUT2D eigenvalue weighted by Crippen LogP contribution is -1.68. The van der Waals surface area contributed by atoms with Crippen LogP contribution in [0.5, 0.6) is 0 Å². The molecule has 0 N–H and O–H groups in total. The van der Waals surface area contributed by atoms with Gasteiger partial charge in [0.15, 0.2) is 0 Å². The van der Waals surface area contributed by atoms with Crippen molar-refractivity contribution in [2.75, 3.05) is 7.11 Å². The molecule has 1 aliphatic carbocycles. The fourth-order valence-electron chi connectivity index (χ4n) is 0.167. The Kier molecular flexibility index (Phi) is 4.32. The molecule has 0 aromatic carbocycles. The number of ether oxygens (including phenoxy) is 1. The first-order valence-corrected chi connectivity index (χ1v) is 2.77. The van der Waals surface area contributed by atoms with Crippen LogP contribution in [0.3, 0.4) is 0 Å². The van der Waals surface area contributed by atoms with Crippen LogP contribution in [0.15, 0.2) is 0 Å². The maximum atomic E-state index is 8.95. The van der Waals surface area contributed by atoms with Gasteiger partial charge in [0.25, 0.3) is 6.47 Å². The fourth-order valence-corrected chi connectivity index (χ4v) is 0.167. The minimum atomic E-state index is 0.375. The van der Waals surface area contributed by atoms with E-state index >= 15 is 0 Å². The summed E-state index contributed by atoms with van der Waals surface area (Å²) in [5.74, 6) is 1.08. The molecule has 0 spiro atoms. The lowest BCUT2D eigenvalue weighted by molar-refractivity contribution is -0.126. The molecule has 2 nitrogen and oxygen atoms in total. The zero-order chi connectivity index (χ0) is 6.41. The Morgan fingerprint density at radius 3 is 1.88 bits per heavy atom. The number of rotatable bonds is 1. The van der Waals surface area contributed by atoms with Crippen LogP contribution in [-0.2, 0) is 9.53 Å². The van der Waals surface area contributed by atoms with Gasteiger partial charge in [0.2, 0.25) is 0 Å². The molecule has 0 aromatic rings. The Hall–Kier alpha value is -0.530. The molecule has 0 aromatic heterocycles. The summed E-state index contributed by atoms with van der Waals surface area (Å²) in [5.41, 5.74) is 0. The Morgan fingerprint density at radius 2 is 1.88 bits per heavy atom. The molecule has 1 rings (SSSR count). The van der Waals surface area contributed by atoms with E-state index in [9.17, 15) is 0 Å². The number of hydrogen-bond donors (Lipinski definition) is 0. The minimum absolute atomic E-state index is 0.375. The van der Waals surface area contributed by atoms with E-state index in [1.807, 2.05) is 0 Å². The van der Waals surface area contributed by atoms with E-state index in [1.54, 1.807) is 0 Å². The maximum Gasteiger partial charge on any atom is 0.292 e. The molecular formula is C6H12O2. The second-order valence-electron chi connectivity index (χ2n) is 2.01. The largest absolute Gasteiger partial charge is 0.471 e. The van der Waals surface area contributed by atoms with Crippen molar-refractivity contribution < 1.29 is 9.53 Å². The zero-order valence-electron chi connectivity index (χ0n) is 5.39. The monoisotopic (exact) mass is 116 g/mol. The molecule has 0 saturated heterocycles. The quantitative estimate of drug-likeness (QED) is 0.481. The normalized spacial score (nSPS) is 15.8. The van der Waals surface area contributed by atoms with Crippen molar-refractivity contribution in [1.29, 1.82) is 0 Å². The van der Waals surface area contributed by atoms with Gasteiger partial charge in [0.1, 0.15) is 0 Å². The van der Waals surface area contributed by atoms with Gasteiger partial charge in [-0.1, -0.05) is 19.8 Å². The van der Waals surface area contributed by atoms with Crippen molar-refractivity contribution in [3.63, 3.8) is 0 Å². The predicted octanol–water partition coefficient (Wildman–Crippen LogP) is 1.21. The molecule has 1 fully saturated rings. The Morgan fingerprint density at radius 1 is 1.62 bits per heavy atom. The SMILES string of the molecule is CC1CC1.COC=O. The van der Waals surface area contributed by atoms with Crippen LogP contribution in [0.4, 0.5) is 0 Å². The lowest BCUT2D eigenvalue weighted by atomic mass is 10.5. The van der Waals surface area contributed by atoms with E-state index in [-0.39, 0.29) is 0 Å². The summed E-state index contributed by atoms with van der Waals surface area (Å²) in [7, 11) is 1.31. The van der Waals surface area contributed by atoms with Gasteiger partial charge >= 0.3 is 0 Å². The third kappa shape index (κ3) is 9.08. The predicted molar refractivity (Wildman–Crippen MR) is 31.5 cm³/mol. The van der Waals surface area contributed by atoms with Crippen molar-refractivity contribution in [3.05, 3.63) is 0 Å². The third-order valence-electron chi connectivity index (χ3n) is 0.962. The van der Waals surface area contributed by atoms with Crippen molar-refractivity contribution in [2.24, 2.45) is 5.92 Å². The molecule has 1 aliphatic rings. The van der Waals surface area contributed by atoms with Gasteiger partial charge in [-0.3, -0.25) is 4.79 Å². The van der Waals surface area contributed by atoms with E-state index in [0.29, 0.717) is 6.47 Å². The first-order chi connectivity index (χ1) is 3.81. The summed E-state index contributed by atoms with van der Waals surface area (Å²) >= 11 is 0. The number of methoxy groups -OCH3 is 1. The van der Waals surface area contributed by atoms with E-state index in [2.05, 4.69) is 11.7 Å². The topological polar surface area (TPSA) is 26.3 Å². The van der Waals surface area contributed by atoms with Gasteiger partial charge < -0.3 is 4.74 Å². The molecule has 48 valence electrons. The van der Waals surface area contributed by atoms with Crippen LogP contribution in [0.25, 0.3) is 0 Å². The first-order valence-electron chi connectivity index (χ1n) is 2.77. The molecule has 0 bridgehead atoms. The number of hydrogen-bond acceptors (Lipinski definition) is 2. The minimum Gasteiger partial charge on any atom is -0.471 e. The summed E-state index contributed by atoms with van der Waals surface area (Å²) in [6, 6.07) is 0. The third-order valence-corrected chi connectivity index (χ3v) is 0.962. The summed E-state index contributed by atoms with van der Waals surface area (Å²) in [4.78, 5) is 8.95. The molecule has 0 radical (unpaired) electrons. The van der Waals surface area contributed by atoms with Crippen LogP contribution in [-0.4, -0.2) is 13.6 Å². The highest BCUT2D eigenvalue weighted by Crippen LogP contribution is 2.26. The van der Waals surface area contributed by atoms with Crippen molar-refractivity contribution in [2.45, 2.75) is 19.8 Å². The van der Waals surface area contributed by atoms with Crippen LogP contribution in [0.1, 0.15) is 19.8 Å². The average molecular weight is 116 g/mol. The number of carbonyl (C=O) groups is 1. The number of carbonyl (C=O) groups excluding carboxylic acids is 1. The highest BCUT2D eigenvalue weighted by atomic mass is 16.5. The molecule has 1 saturated carbocycles. The maximum absolute atomic E-state index is 8.95. The van der Waals surface area contributed by atoms with E-state index < -0.39 is 0 Å². The van der Waals surface area contributed by atoms with Crippen LogP contribution < -0.4 is 0 Å². The second kappa shape index (κ2) is 4.62. The molecule has 0 unspecified atom stereocenters. The summed E-state index contributed by atoms with van der Waals surface area (Å²) in [5, 5.41) is 0. The molecule has 0 amide bonds. The fraction of sp³-hybridized carbons (Fsp3) is 0.833. The van der Waals surface area contributed by atoms with E-state index in [4.69, 9.17) is 4.79 Å². The van der Waals surface area contributed by atoms with Gasteiger partial charge in [-0.2, -0.15) is 0 Å². The molecule has 0 aliphatic heterocycles. The van der Waals surface area contributed by atoms with Crippen molar-refractivity contribution in [1.82, 2.24) is 0 Å². The Labute approximate surface area is 49.8 Å². The second-order valence-corrected chi connectivity index (χ2v) is 2.01. The van der Waals surface area contributed by atoms with Crippen LogP contribution in [0.2, 0.25) is 0 Å². The highest BCUT2D eigenvalue weighted by molar-refractivity contribution is 5.36. The van der Waals surface area contributed by atoms with Gasteiger partial charge in [-0.05, 0) is 5.92 Å². The smallest absolute Gasteiger partial charge is 0.292 e. The van der Waals surface area contributed by atoms with Crippen molar-refractivity contribution in [3.8, 4) is 0 Å². The molecule has 0 atom stereocenters. The zero-order valence-corrected chi connectivity index (χ0v) is 5.39. The van der Waals surface area contributed by atoms with Gasteiger partial charge in [-0.15, -0.1) is 0 Å². The Bertz CT molecular complexity index is 57.5. The summed E-state index contributed by atoms with van der Waals surface area (Å²) in [6.07, 6.45) is 2.97. The van der Waals surface area contributed by atoms with E-state index in [0.717, 1.165) is 5.92 Å². The van der Waals surface area contributed by atoms with E-state index in [1.165, 1.54) is 20.0 Å². The summed E-state index contributed by atoms with van der Waals surface area (Å²) < 4.78 is 3.86. The molecule has 2 heteroatoms. The molecule has 8 heavy (non-hydrogen) atoms. The first kappa shape index (κ1) is 7.47. The highest BCUT2D eigenvalue weighted by Gasteiger charge is 2.12.